The molecular weight excluding hydrogens is 226 g/mol. The maximum Gasteiger partial charge on any atom is 0.337 e. The van der Waals surface area contributed by atoms with Crippen LogP contribution in [0.25, 0.3) is 0 Å². The lowest BCUT2D eigenvalue weighted by Gasteiger charge is -2.24. The molecule has 98 valence electrons. The van der Waals surface area contributed by atoms with Crippen LogP contribution in [-0.2, 0) is 12.8 Å². The molecule has 0 saturated carbocycles. The fourth-order valence-corrected chi connectivity index (χ4v) is 2.72. The normalized spacial score (nSPS) is 18.8. The highest BCUT2D eigenvalue weighted by Crippen LogP contribution is 2.29. The van der Waals surface area contributed by atoms with Gasteiger partial charge in [-0.2, -0.15) is 0 Å². The van der Waals surface area contributed by atoms with E-state index in [1.165, 1.54) is 6.42 Å². The second kappa shape index (κ2) is 5.09. The van der Waals surface area contributed by atoms with E-state index in [1.807, 2.05) is 19.9 Å². The maximum absolute atomic E-state index is 11.3. The Labute approximate surface area is 108 Å². The van der Waals surface area contributed by atoms with Gasteiger partial charge in [0.2, 0.25) is 0 Å². The topological polar surface area (TPSA) is 50.2 Å². The molecule has 0 aromatic carbocycles. The molecule has 1 N–H and O–H groups in total. The van der Waals surface area contributed by atoms with Crippen molar-refractivity contribution in [3.63, 3.8) is 0 Å². The van der Waals surface area contributed by atoms with E-state index in [0.717, 1.165) is 36.2 Å². The average Bonchev–Trinajstić information content (AvgIpc) is 2.36. The van der Waals surface area contributed by atoms with Crippen molar-refractivity contribution in [1.82, 2.24) is 4.98 Å². The summed E-state index contributed by atoms with van der Waals surface area (Å²) in [7, 11) is 0. The lowest BCUT2D eigenvalue weighted by molar-refractivity contribution is 0.0694. The molecule has 0 bridgehead atoms. The zero-order valence-electron chi connectivity index (χ0n) is 11.4. The summed E-state index contributed by atoms with van der Waals surface area (Å²) in [6.45, 7) is 6.20. The van der Waals surface area contributed by atoms with E-state index in [-0.39, 0.29) is 5.92 Å². The molecule has 0 aliphatic heterocycles. The largest absolute Gasteiger partial charge is 0.478 e. The van der Waals surface area contributed by atoms with Crippen molar-refractivity contribution in [3.05, 3.63) is 28.6 Å². The molecule has 0 amide bonds. The summed E-state index contributed by atoms with van der Waals surface area (Å²) in [4.78, 5) is 15.9. The van der Waals surface area contributed by atoms with E-state index >= 15 is 0 Å². The second-order valence-corrected chi connectivity index (χ2v) is 5.50. The lowest BCUT2D eigenvalue weighted by atomic mass is 9.84. The summed E-state index contributed by atoms with van der Waals surface area (Å²) >= 11 is 0. The first-order chi connectivity index (χ1) is 8.52. The summed E-state index contributed by atoms with van der Waals surface area (Å²) in [6.07, 6.45) is 4.32. The van der Waals surface area contributed by atoms with Crippen LogP contribution in [0.1, 0.15) is 66.8 Å². The average molecular weight is 247 g/mol. The minimum Gasteiger partial charge on any atom is -0.478 e. The number of nitrogens with zero attached hydrogens (tertiary/aromatic N) is 1. The van der Waals surface area contributed by atoms with Crippen LogP contribution in [0.5, 0.6) is 0 Å². The zero-order chi connectivity index (χ0) is 13.3. The standard InChI is InChI=1S/C15H21NO2/c1-4-10-5-6-13-11(7-10)8-12(15(17)18)14(16-13)9(2)3/h8-10H,4-7H2,1-3H3,(H,17,18). The molecule has 1 unspecified atom stereocenters. The molecule has 0 saturated heterocycles. The third kappa shape index (κ3) is 2.40. The number of carbonyl (C=O) groups is 1. The number of rotatable bonds is 3. The molecule has 0 spiro atoms. The van der Waals surface area contributed by atoms with Crippen LogP contribution < -0.4 is 0 Å². The predicted octanol–water partition coefficient (Wildman–Crippen LogP) is 3.42. The summed E-state index contributed by atoms with van der Waals surface area (Å²) in [5.74, 6) is -0.0104. The Morgan fingerprint density at radius 3 is 2.83 bits per heavy atom. The van der Waals surface area contributed by atoms with Crippen molar-refractivity contribution in [1.29, 1.82) is 0 Å². The molecule has 3 nitrogen and oxygen atoms in total. The van der Waals surface area contributed by atoms with E-state index in [4.69, 9.17) is 0 Å². The number of pyridine rings is 1. The monoisotopic (exact) mass is 247 g/mol. The van der Waals surface area contributed by atoms with Gasteiger partial charge in [-0.15, -0.1) is 0 Å². The Hall–Kier alpha value is -1.38. The van der Waals surface area contributed by atoms with Gasteiger partial charge in [-0.25, -0.2) is 4.79 Å². The Bertz CT molecular complexity index is 466. The number of aromatic carboxylic acids is 1. The van der Waals surface area contributed by atoms with Crippen LogP contribution >= 0.6 is 0 Å². The molecule has 18 heavy (non-hydrogen) atoms. The van der Waals surface area contributed by atoms with E-state index in [9.17, 15) is 9.90 Å². The lowest BCUT2D eigenvalue weighted by Crippen LogP contribution is -2.18. The van der Waals surface area contributed by atoms with E-state index in [0.29, 0.717) is 11.5 Å². The van der Waals surface area contributed by atoms with Crippen molar-refractivity contribution >= 4 is 5.97 Å². The zero-order valence-corrected chi connectivity index (χ0v) is 11.4. The highest BCUT2D eigenvalue weighted by molar-refractivity contribution is 5.89. The van der Waals surface area contributed by atoms with Crippen LogP contribution in [0, 0.1) is 5.92 Å². The predicted molar refractivity (Wildman–Crippen MR) is 71.1 cm³/mol. The number of aryl methyl sites for hydroxylation is 1. The number of hydrogen-bond donors (Lipinski definition) is 1. The Morgan fingerprint density at radius 2 is 2.28 bits per heavy atom. The molecular formula is C15H21NO2. The van der Waals surface area contributed by atoms with E-state index < -0.39 is 5.97 Å². The summed E-state index contributed by atoms with van der Waals surface area (Å²) in [5, 5.41) is 9.30. The highest BCUT2D eigenvalue weighted by atomic mass is 16.4. The van der Waals surface area contributed by atoms with Gasteiger partial charge in [0.1, 0.15) is 0 Å². The Morgan fingerprint density at radius 1 is 1.56 bits per heavy atom. The first kappa shape index (κ1) is 13.1. The van der Waals surface area contributed by atoms with Crippen LogP contribution in [-0.4, -0.2) is 16.1 Å². The van der Waals surface area contributed by atoms with Gasteiger partial charge in [-0.3, -0.25) is 4.98 Å². The van der Waals surface area contributed by atoms with Gasteiger partial charge in [0.25, 0.3) is 0 Å². The minimum absolute atomic E-state index is 0.158. The highest BCUT2D eigenvalue weighted by Gasteiger charge is 2.23. The number of carboxylic acid groups (broad SMARTS) is 1. The van der Waals surface area contributed by atoms with Gasteiger partial charge in [-0.1, -0.05) is 27.2 Å². The fraction of sp³-hybridized carbons (Fsp3) is 0.600. The van der Waals surface area contributed by atoms with E-state index in [1.54, 1.807) is 0 Å². The molecule has 1 atom stereocenters. The quantitative estimate of drug-likeness (QED) is 0.890. The van der Waals surface area contributed by atoms with Crippen molar-refractivity contribution in [3.8, 4) is 0 Å². The number of hydrogen-bond acceptors (Lipinski definition) is 2. The molecule has 1 aromatic rings. The first-order valence-electron chi connectivity index (χ1n) is 6.78. The summed E-state index contributed by atoms with van der Waals surface area (Å²) < 4.78 is 0. The summed E-state index contributed by atoms with van der Waals surface area (Å²) in [6, 6.07) is 1.86. The van der Waals surface area contributed by atoms with Gasteiger partial charge in [-0.05, 0) is 42.7 Å². The van der Waals surface area contributed by atoms with Crippen LogP contribution in [0.4, 0.5) is 0 Å². The van der Waals surface area contributed by atoms with Gasteiger partial charge >= 0.3 is 5.97 Å². The molecule has 3 heteroatoms. The smallest absolute Gasteiger partial charge is 0.337 e. The second-order valence-electron chi connectivity index (χ2n) is 5.50. The van der Waals surface area contributed by atoms with Crippen molar-refractivity contribution < 1.29 is 9.90 Å². The first-order valence-corrected chi connectivity index (χ1v) is 6.78. The van der Waals surface area contributed by atoms with Crippen molar-refractivity contribution in [2.45, 2.75) is 52.4 Å². The third-order valence-corrected chi connectivity index (χ3v) is 3.87. The van der Waals surface area contributed by atoms with Crippen LogP contribution in [0.3, 0.4) is 0 Å². The van der Waals surface area contributed by atoms with Gasteiger partial charge < -0.3 is 5.11 Å². The third-order valence-electron chi connectivity index (χ3n) is 3.87. The van der Waals surface area contributed by atoms with Crippen LogP contribution in [0.15, 0.2) is 6.07 Å². The fourth-order valence-electron chi connectivity index (χ4n) is 2.72. The SMILES string of the molecule is CCC1CCc2nc(C(C)C)c(C(=O)O)cc2C1. The number of fused-ring (bicyclic) bond motifs is 1. The minimum atomic E-state index is -0.854. The van der Waals surface area contributed by atoms with Gasteiger partial charge in [0, 0.05) is 5.69 Å². The molecule has 0 fully saturated rings. The van der Waals surface area contributed by atoms with Crippen molar-refractivity contribution in [2.75, 3.05) is 0 Å². The molecule has 0 radical (unpaired) electrons. The number of carboxylic acids is 1. The van der Waals surface area contributed by atoms with Gasteiger partial charge in [0.15, 0.2) is 0 Å². The molecule has 2 rings (SSSR count). The van der Waals surface area contributed by atoms with E-state index in [2.05, 4.69) is 11.9 Å². The molecule has 1 aromatic heterocycles. The summed E-state index contributed by atoms with van der Waals surface area (Å²) in [5.41, 5.74) is 3.39. The number of aromatic nitrogens is 1. The molecule has 1 aliphatic carbocycles. The van der Waals surface area contributed by atoms with Crippen molar-refractivity contribution in [2.24, 2.45) is 5.92 Å². The van der Waals surface area contributed by atoms with Gasteiger partial charge in [0.05, 0.1) is 11.3 Å². The van der Waals surface area contributed by atoms with Crippen LogP contribution in [0.2, 0.25) is 0 Å². The molecule has 1 heterocycles. The molecule has 1 aliphatic rings. The Kier molecular flexibility index (Phi) is 3.69. The Balaban J connectivity index is 2.46. The maximum atomic E-state index is 11.3.